The lowest BCUT2D eigenvalue weighted by atomic mass is 10.1. The Bertz CT molecular complexity index is 1010. The van der Waals surface area contributed by atoms with E-state index in [1.807, 2.05) is 36.9 Å². The van der Waals surface area contributed by atoms with Crippen LogP contribution in [-0.2, 0) is 21.4 Å². The molecule has 1 fully saturated rings. The Morgan fingerprint density at radius 2 is 1.72 bits per heavy atom. The molecule has 1 N–H and O–H groups in total. The van der Waals surface area contributed by atoms with E-state index in [1.54, 1.807) is 18.9 Å². The number of esters is 1. The van der Waals surface area contributed by atoms with E-state index in [2.05, 4.69) is 10.4 Å². The molecule has 1 aromatic carbocycles. The lowest BCUT2D eigenvalue weighted by Crippen LogP contribution is -2.51. The summed E-state index contributed by atoms with van der Waals surface area (Å²) in [5.74, 6) is -1.04. The van der Waals surface area contributed by atoms with Crippen LogP contribution in [0.3, 0.4) is 0 Å². The fourth-order valence-electron chi connectivity index (χ4n) is 3.70. The number of aromatic nitrogens is 2. The molecule has 0 atom stereocenters. The van der Waals surface area contributed by atoms with Gasteiger partial charge >= 0.3 is 5.97 Å². The van der Waals surface area contributed by atoms with Crippen LogP contribution in [-0.4, -0.2) is 76.7 Å². The van der Waals surface area contributed by atoms with Crippen LogP contribution >= 0.6 is 11.6 Å². The number of ether oxygens (including phenoxy) is 1. The molecule has 3 rings (SSSR count). The second-order valence-corrected chi connectivity index (χ2v) is 8.28. The number of rotatable bonds is 6. The van der Waals surface area contributed by atoms with Gasteiger partial charge in [-0.25, -0.2) is 4.79 Å². The van der Waals surface area contributed by atoms with Gasteiger partial charge < -0.3 is 15.0 Å². The van der Waals surface area contributed by atoms with E-state index in [1.165, 1.54) is 4.68 Å². The van der Waals surface area contributed by atoms with E-state index in [4.69, 9.17) is 16.3 Å². The van der Waals surface area contributed by atoms with Crippen molar-refractivity contribution in [2.45, 2.75) is 20.8 Å². The number of nitrogens with zero attached hydrogens (tertiary/aromatic N) is 4. The molecule has 0 radical (unpaired) electrons. The standard InChI is InChI=1S/C22H28ClN5O4/c1-14-6-5-7-15(2)20(14)24-17(29)12-27-8-10-28(11-9-27)18(30)13-32-22(31)19-16(3)25-26(4)21(19)23/h5-7H,8-13H2,1-4H3,(H,24,29). The SMILES string of the molecule is Cc1cccc(C)c1NC(=O)CN1CCN(C(=O)COC(=O)c2c(C)nn(C)c2Cl)CC1. The van der Waals surface area contributed by atoms with Crippen LogP contribution in [0.4, 0.5) is 5.69 Å². The molecule has 1 aliphatic rings. The van der Waals surface area contributed by atoms with Crippen molar-refractivity contribution in [3.8, 4) is 0 Å². The molecule has 0 saturated carbocycles. The minimum Gasteiger partial charge on any atom is -0.452 e. The van der Waals surface area contributed by atoms with Gasteiger partial charge in [0.2, 0.25) is 5.91 Å². The summed E-state index contributed by atoms with van der Waals surface area (Å²) < 4.78 is 6.53. The summed E-state index contributed by atoms with van der Waals surface area (Å²) >= 11 is 6.06. The number of amides is 2. The quantitative estimate of drug-likeness (QED) is 0.660. The van der Waals surface area contributed by atoms with Crippen molar-refractivity contribution in [2.24, 2.45) is 7.05 Å². The van der Waals surface area contributed by atoms with Crippen LogP contribution in [0.5, 0.6) is 0 Å². The number of anilines is 1. The molecule has 1 saturated heterocycles. The zero-order valence-electron chi connectivity index (χ0n) is 18.8. The highest BCUT2D eigenvalue weighted by molar-refractivity contribution is 6.32. The predicted molar refractivity (Wildman–Crippen MR) is 121 cm³/mol. The van der Waals surface area contributed by atoms with Gasteiger partial charge in [-0.15, -0.1) is 0 Å². The second kappa shape index (κ2) is 10.1. The Kier molecular flexibility index (Phi) is 7.52. The zero-order valence-corrected chi connectivity index (χ0v) is 19.5. The molecule has 1 aliphatic heterocycles. The van der Waals surface area contributed by atoms with Crippen LogP contribution in [0, 0.1) is 20.8 Å². The fraction of sp³-hybridized carbons (Fsp3) is 0.455. The first kappa shape index (κ1) is 23.7. The largest absolute Gasteiger partial charge is 0.452 e. The third-order valence-corrected chi connectivity index (χ3v) is 5.95. The molecule has 0 aliphatic carbocycles. The first-order valence-electron chi connectivity index (χ1n) is 10.4. The highest BCUT2D eigenvalue weighted by atomic mass is 35.5. The number of benzene rings is 1. The summed E-state index contributed by atoms with van der Waals surface area (Å²) in [5.41, 5.74) is 3.50. The summed E-state index contributed by atoms with van der Waals surface area (Å²) in [6.07, 6.45) is 0. The molecule has 2 heterocycles. The Hall–Kier alpha value is -2.91. The molecular formula is C22H28ClN5O4. The van der Waals surface area contributed by atoms with Crippen LogP contribution in [0.15, 0.2) is 18.2 Å². The van der Waals surface area contributed by atoms with E-state index < -0.39 is 5.97 Å². The molecule has 10 heteroatoms. The van der Waals surface area contributed by atoms with E-state index in [0.717, 1.165) is 16.8 Å². The number of hydrogen-bond acceptors (Lipinski definition) is 6. The van der Waals surface area contributed by atoms with Gasteiger partial charge in [0.15, 0.2) is 6.61 Å². The minimum absolute atomic E-state index is 0.0835. The molecule has 2 aromatic rings. The third-order valence-electron chi connectivity index (χ3n) is 5.52. The van der Waals surface area contributed by atoms with Crippen molar-refractivity contribution in [3.05, 3.63) is 45.7 Å². The van der Waals surface area contributed by atoms with Gasteiger partial charge in [0, 0.05) is 38.9 Å². The highest BCUT2D eigenvalue weighted by Gasteiger charge is 2.25. The summed E-state index contributed by atoms with van der Waals surface area (Å²) in [6, 6.07) is 5.88. The number of hydrogen-bond donors (Lipinski definition) is 1. The van der Waals surface area contributed by atoms with Crippen LogP contribution in [0.1, 0.15) is 27.2 Å². The maximum atomic E-state index is 12.5. The Morgan fingerprint density at radius 3 is 2.28 bits per heavy atom. The van der Waals surface area contributed by atoms with Gasteiger partial charge in [-0.3, -0.25) is 19.2 Å². The minimum atomic E-state index is -0.671. The van der Waals surface area contributed by atoms with Crippen molar-refractivity contribution in [1.29, 1.82) is 0 Å². The van der Waals surface area contributed by atoms with E-state index in [-0.39, 0.29) is 35.7 Å². The van der Waals surface area contributed by atoms with Crippen LogP contribution < -0.4 is 5.32 Å². The molecule has 0 unspecified atom stereocenters. The van der Waals surface area contributed by atoms with Crippen LogP contribution in [0.25, 0.3) is 0 Å². The van der Waals surface area contributed by atoms with Gasteiger partial charge in [-0.05, 0) is 31.9 Å². The number of carbonyl (C=O) groups excluding carboxylic acids is 3. The number of para-hydroxylation sites is 1. The topological polar surface area (TPSA) is 96.8 Å². The van der Waals surface area contributed by atoms with Gasteiger partial charge in [0.05, 0.1) is 12.2 Å². The Labute approximate surface area is 192 Å². The summed E-state index contributed by atoms with van der Waals surface area (Å²) in [4.78, 5) is 40.8. The van der Waals surface area contributed by atoms with Crippen molar-refractivity contribution in [3.63, 3.8) is 0 Å². The van der Waals surface area contributed by atoms with Crippen molar-refractivity contribution in [1.82, 2.24) is 19.6 Å². The molecular weight excluding hydrogens is 434 g/mol. The monoisotopic (exact) mass is 461 g/mol. The van der Waals surface area contributed by atoms with Gasteiger partial charge in [-0.2, -0.15) is 5.10 Å². The molecule has 172 valence electrons. The molecule has 1 aromatic heterocycles. The molecule has 2 amide bonds. The maximum absolute atomic E-state index is 12.5. The molecule has 0 spiro atoms. The van der Waals surface area contributed by atoms with Gasteiger partial charge in [-0.1, -0.05) is 29.8 Å². The number of carbonyl (C=O) groups is 3. The number of aryl methyl sites for hydroxylation is 4. The predicted octanol–water partition coefficient (Wildman–Crippen LogP) is 1.94. The average Bonchev–Trinajstić information content (AvgIpc) is 3.00. The van der Waals surface area contributed by atoms with Crippen LogP contribution in [0.2, 0.25) is 5.15 Å². The summed E-state index contributed by atoms with van der Waals surface area (Å²) in [7, 11) is 1.62. The third kappa shape index (κ3) is 5.46. The number of piperazine rings is 1. The van der Waals surface area contributed by atoms with Gasteiger partial charge in [0.25, 0.3) is 5.91 Å². The zero-order chi connectivity index (χ0) is 23.4. The first-order chi connectivity index (χ1) is 15.2. The van der Waals surface area contributed by atoms with E-state index in [0.29, 0.717) is 31.9 Å². The summed E-state index contributed by atoms with van der Waals surface area (Å²) in [6.45, 7) is 7.51. The normalized spacial score (nSPS) is 14.3. The van der Waals surface area contributed by atoms with Crippen molar-refractivity contribution >= 4 is 35.1 Å². The Balaban J connectivity index is 1.44. The Morgan fingerprint density at radius 1 is 1.09 bits per heavy atom. The van der Waals surface area contributed by atoms with Crippen molar-refractivity contribution in [2.75, 3.05) is 44.6 Å². The smallest absolute Gasteiger partial charge is 0.343 e. The lowest BCUT2D eigenvalue weighted by Gasteiger charge is -2.34. The average molecular weight is 462 g/mol. The molecule has 9 nitrogen and oxygen atoms in total. The summed E-state index contributed by atoms with van der Waals surface area (Å²) in [5, 5.41) is 7.22. The highest BCUT2D eigenvalue weighted by Crippen LogP contribution is 2.20. The molecule has 0 bridgehead atoms. The fourth-order valence-corrected chi connectivity index (χ4v) is 3.95. The van der Waals surface area contributed by atoms with Crippen molar-refractivity contribution < 1.29 is 19.1 Å². The molecule has 32 heavy (non-hydrogen) atoms. The number of halogens is 1. The van der Waals surface area contributed by atoms with Gasteiger partial charge in [0.1, 0.15) is 10.7 Å². The van der Waals surface area contributed by atoms with E-state index >= 15 is 0 Å². The lowest BCUT2D eigenvalue weighted by molar-refractivity contribution is -0.136. The number of nitrogens with one attached hydrogen (secondary N) is 1. The first-order valence-corrected chi connectivity index (χ1v) is 10.8. The second-order valence-electron chi connectivity index (χ2n) is 7.92. The van der Waals surface area contributed by atoms with E-state index in [9.17, 15) is 14.4 Å². The maximum Gasteiger partial charge on any atom is 0.343 e.